The van der Waals surface area contributed by atoms with Crippen LogP contribution < -0.4 is 15.0 Å². The molecule has 2 aromatic carbocycles. The van der Waals surface area contributed by atoms with E-state index >= 15 is 0 Å². The second-order valence-electron chi connectivity index (χ2n) is 6.94. The van der Waals surface area contributed by atoms with Crippen molar-refractivity contribution in [3.63, 3.8) is 0 Å². The van der Waals surface area contributed by atoms with Gasteiger partial charge in [0.15, 0.2) is 0 Å². The fraction of sp³-hybridized carbons (Fsp3) is 0.217. The third-order valence-corrected chi connectivity index (χ3v) is 6.13. The third kappa shape index (κ3) is 6.22. The van der Waals surface area contributed by atoms with Crippen molar-refractivity contribution in [2.45, 2.75) is 17.8 Å². The van der Waals surface area contributed by atoms with Gasteiger partial charge in [0.1, 0.15) is 11.8 Å². The van der Waals surface area contributed by atoms with E-state index in [1.807, 2.05) is 30.3 Å². The highest BCUT2D eigenvalue weighted by Crippen LogP contribution is 2.38. The first-order valence-corrected chi connectivity index (χ1v) is 11.4. The van der Waals surface area contributed by atoms with Crippen LogP contribution in [0.2, 0.25) is 5.02 Å². The molecule has 3 aromatic rings. The van der Waals surface area contributed by atoms with Crippen molar-refractivity contribution in [3.05, 3.63) is 81.5 Å². The Labute approximate surface area is 203 Å². The van der Waals surface area contributed by atoms with Gasteiger partial charge in [-0.2, -0.15) is 8.78 Å². The molecule has 0 radical (unpaired) electrons. The van der Waals surface area contributed by atoms with Crippen molar-refractivity contribution < 1.29 is 23.1 Å². The zero-order chi connectivity index (χ0) is 24.0. The molecule has 1 heterocycles. The van der Waals surface area contributed by atoms with Crippen LogP contribution >= 0.6 is 34.5 Å². The monoisotopic (exact) mass is 512 g/mol. The lowest BCUT2D eigenvalue weighted by Crippen LogP contribution is -2.48. The van der Waals surface area contributed by atoms with Crippen LogP contribution in [-0.4, -0.2) is 30.9 Å². The molecule has 0 aliphatic rings. The van der Waals surface area contributed by atoms with Crippen molar-refractivity contribution in [1.82, 2.24) is 5.32 Å². The predicted molar refractivity (Wildman–Crippen MR) is 127 cm³/mol. The maximum absolute atomic E-state index is 14.0. The molecule has 0 fully saturated rings. The van der Waals surface area contributed by atoms with Crippen LogP contribution in [0, 0.1) is 0 Å². The van der Waals surface area contributed by atoms with E-state index in [1.54, 1.807) is 17.5 Å². The summed E-state index contributed by atoms with van der Waals surface area (Å²) in [4.78, 5) is 27.1. The number of amides is 2. The Bertz CT molecular complexity index is 1090. The highest BCUT2D eigenvalue weighted by molar-refractivity contribution is 7.10. The van der Waals surface area contributed by atoms with Crippen LogP contribution in [0.15, 0.2) is 66.0 Å². The molecule has 1 N–H and O–H groups in total. The van der Waals surface area contributed by atoms with E-state index in [1.165, 1.54) is 25.3 Å². The van der Waals surface area contributed by atoms with Gasteiger partial charge in [-0.1, -0.05) is 48.0 Å². The summed E-state index contributed by atoms with van der Waals surface area (Å²) in [6, 6.07) is 15.4. The zero-order valence-corrected chi connectivity index (χ0v) is 19.8. The number of hydrogen-bond donors (Lipinski definition) is 1. The number of methoxy groups -OCH3 is 1. The average molecular weight is 513 g/mol. The number of benzene rings is 2. The van der Waals surface area contributed by atoms with Crippen LogP contribution in [0.4, 0.5) is 14.5 Å². The minimum absolute atomic E-state index is 0.0252. The Kier molecular flexibility index (Phi) is 8.29. The number of carbonyl (C=O) groups excluding carboxylic acids is 2. The van der Waals surface area contributed by atoms with Crippen LogP contribution in [0.1, 0.15) is 16.5 Å². The number of hydrogen-bond acceptors (Lipinski definition) is 4. The van der Waals surface area contributed by atoms with E-state index in [9.17, 15) is 18.4 Å². The number of halogens is 4. The normalized spacial score (nSPS) is 12.2. The highest BCUT2D eigenvalue weighted by Gasteiger charge is 2.45. The molecule has 1 unspecified atom stereocenters. The van der Waals surface area contributed by atoms with Gasteiger partial charge < -0.3 is 10.1 Å². The zero-order valence-electron chi connectivity index (χ0n) is 17.4. The molecular formula is C23H20Cl2F2N2O3S. The minimum atomic E-state index is -4.24. The highest BCUT2D eigenvalue weighted by atomic mass is 35.5. The molecule has 0 spiro atoms. The Balaban J connectivity index is 1.97. The van der Waals surface area contributed by atoms with Gasteiger partial charge in [-0.15, -0.1) is 11.3 Å². The molecule has 0 aliphatic heterocycles. The summed E-state index contributed by atoms with van der Waals surface area (Å²) in [5.74, 6) is -2.10. The summed E-state index contributed by atoms with van der Waals surface area (Å²) in [6.45, 7) is 0.243. The number of thiophene rings is 1. The Hall–Kier alpha value is -2.68. The lowest BCUT2D eigenvalue weighted by Gasteiger charge is -2.31. The lowest BCUT2D eigenvalue weighted by atomic mass is 10.1. The SMILES string of the molecule is COc1ccc(N(C(=O)C(F)(F)Cl)C(C(=O)NCCc2ccccc2)c2cccs2)cc1Cl. The topological polar surface area (TPSA) is 58.6 Å². The predicted octanol–water partition coefficient (Wildman–Crippen LogP) is 5.67. The molecule has 5 nitrogen and oxygen atoms in total. The maximum Gasteiger partial charge on any atom is 0.400 e. The molecule has 1 atom stereocenters. The number of nitrogens with one attached hydrogen (secondary N) is 1. The number of rotatable bonds is 9. The molecular weight excluding hydrogens is 493 g/mol. The lowest BCUT2D eigenvalue weighted by molar-refractivity contribution is -0.135. The quantitative estimate of drug-likeness (QED) is 0.375. The first kappa shape index (κ1) is 25.0. The van der Waals surface area contributed by atoms with Gasteiger partial charge in [0, 0.05) is 17.1 Å². The Morgan fingerprint density at radius 3 is 2.45 bits per heavy atom. The van der Waals surface area contributed by atoms with Crippen molar-refractivity contribution in [2.24, 2.45) is 0 Å². The van der Waals surface area contributed by atoms with Crippen molar-refractivity contribution >= 4 is 52.0 Å². The van der Waals surface area contributed by atoms with E-state index in [0.29, 0.717) is 16.2 Å². The molecule has 1 aromatic heterocycles. The summed E-state index contributed by atoms with van der Waals surface area (Å²) in [7, 11) is 1.39. The number of anilines is 1. The molecule has 2 amide bonds. The summed E-state index contributed by atoms with van der Waals surface area (Å²) in [5.41, 5.74) is 0.968. The second kappa shape index (κ2) is 11.0. The molecule has 174 valence electrons. The third-order valence-electron chi connectivity index (χ3n) is 4.75. The van der Waals surface area contributed by atoms with Gasteiger partial charge in [-0.25, -0.2) is 0 Å². The van der Waals surface area contributed by atoms with Gasteiger partial charge in [0.2, 0.25) is 5.91 Å². The number of carbonyl (C=O) groups is 2. The van der Waals surface area contributed by atoms with Crippen LogP contribution in [-0.2, 0) is 16.0 Å². The van der Waals surface area contributed by atoms with Crippen LogP contribution in [0.25, 0.3) is 0 Å². The van der Waals surface area contributed by atoms with Crippen LogP contribution in [0.5, 0.6) is 5.75 Å². The van der Waals surface area contributed by atoms with E-state index in [-0.39, 0.29) is 23.0 Å². The van der Waals surface area contributed by atoms with Crippen LogP contribution in [0.3, 0.4) is 0 Å². The first-order valence-electron chi connectivity index (χ1n) is 9.81. The molecule has 0 aliphatic carbocycles. The fourth-order valence-corrected chi connectivity index (χ4v) is 4.37. The molecule has 33 heavy (non-hydrogen) atoms. The van der Waals surface area contributed by atoms with Crippen molar-refractivity contribution in [2.75, 3.05) is 18.6 Å². The Morgan fingerprint density at radius 2 is 1.88 bits per heavy atom. The van der Waals surface area contributed by atoms with E-state index in [4.69, 9.17) is 27.9 Å². The van der Waals surface area contributed by atoms with E-state index in [0.717, 1.165) is 16.9 Å². The molecule has 10 heteroatoms. The fourth-order valence-electron chi connectivity index (χ4n) is 3.22. The second-order valence-corrected chi connectivity index (χ2v) is 8.80. The molecule has 0 saturated heterocycles. The van der Waals surface area contributed by atoms with Crippen molar-refractivity contribution in [3.8, 4) is 5.75 Å². The largest absolute Gasteiger partial charge is 0.495 e. The summed E-state index contributed by atoms with van der Waals surface area (Å²) in [6.07, 6.45) is 0.526. The average Bonchev–Trinajstić information content (AvgIpc) is 3.31. The van der Waals surface area contributed by atoms with Crippen molar-refractivity contribution in [1.29, 1.82) is 0 Å². The smallest absolute Gasteiger partial charge is 0.400 e. The Morgan fingerprint density at radius 1 is 1.15 bits per heavy atom. The van der Waals surface area contributed by atoms with E-state index in [2.05, 4.69) is 5.32 Å². The summed E-state index contributed by atoms with van der Waals surface area (Å²) >= 11 is 12.4. The number of ether oxygens (including phenoxy) is 1. The van der Waals surface area contributed by atoms with Gasteiger partial charge in [0.25, 0.3) is 0 Å². The van der Waals surface area contributed by atoms with Gasteiger partial charge in [-0.3, -0.25) is 14.5 Å². The van der Waals surface area contributed by atoms with Gasteiger partial charge in [-0.05, 0) is 53.2 Å². The standard InChI is InChI=1S/C23H20Cl2F2N2O3S/c1-32-18-10-9-16(14-17(18)24)29(22(31)23(25,26)27)20(19-8-5-13-33-19)21(30)28-12-11-15-6-3-2-4-7-15/h2-10,13-14,20H,11-12H2,1H3,(H,28,30). The minimum Gasteiger partial charge on any atom is -0.495 e. The molecule has 3 rings (SSSR count). The number of nitrogens with zero attached hydrogens (tertiary/aromatic N) is 1. The van der Waals surface area contributed by atoms with Gasteiger partial charge >= 0.3 is 11.3 Å². The summed E-state index contributed by atoms with van der Waals surface area (Å²) < 4.78 is 33.1. The molecule has 0 bridgehead atoms. The molecule has 0 saturated carbocycles. The van der Waals surface area contributed by atoms with Gasteiger partial charge in [0.05, 0.1) is 12.1 Å². The first-order chi connectivity index (χ1) is 15.7. The maximum atomic E-state index is 14.0. The number of alkyl halides is 3. The summed E-state index contributed by atoms with van der Waals surface area (Å²) in [5, 5.41) is 0.264. The van der Waals surface area contributed by atoms with E-state index < -0.39 is 23.2 Å².